The fourth-order valence-corrected chi connectivity index (χ4v) is 2.23. The average Bonchev–Trinajstić information content (AvgIpc) is 2.80. The summed E-state index contributed by atoms with van der Waals surface area (Å²) < 4.78 is 6.48. The number of pyridine rings is 1. The average molecular weight is 282 g/mol. The molecule has 0 radical (unpaired) electrons. The van der Waals surface area contributed by atoms with Crippen molar-refractivity contribution in [3.05, 3.63) is 38.3 Å². The fourth-order valence-electron chi connectivity index (χ4n) is 2.23. The monoisotopic (exact) mass is 282 g/mol. The SMILES string of the molecule is Cc1cc(=O)n(CC2CCC(C(=O)O)O2)cc1[N+](=O)[O-]. The van der Waals surface area contributed by atoms with Crippen LogP contribution in [0.4, 0.5) is 5.69 Å². The van der Waals surface area contributed by atoms with Crippen molar-refractivity contribution in [1.29, 1.82) is 0 Å². The molecule has 0 saturated carbocycles. The lowest BCUT2D eigenvalue weighted by molar-refractivity contribution is -0.386. The van der Waals surface area contributed by atoms with Gasteiger partial charge in [-0.2, -0.15) is 0 Å². The summed E-state index contributed by atoms with van der Waals surface area (Å²) in [5.41, 5.74) is -0.208. The van der Waals surface area contributed by atoms with Crippen molar-refractivity contribution in [2.24, 2.45) is 0 Å². The first-order chi connectivity index (χ1) is 9.38. The number of hydrogen-bond acceptors (Lipinski definition) is 5. The zero-order valence-electron chi connectivity index (χ0n) is 10.8. The first-order valence-corrected chi connectivity index (χ1v) is 6.12. The van der Waals surface area contributed by atoms with E-state index in [9.17, 15) is 19.7 Å². The molecule has 1 saturated heterocycles. The van der Waals surface area contributed by atoms with Crippen LogP contribution in [0.1, 0.15) is 18.4 Å². The number of carboxylic acid groups (broad SMARTS) is 1. The molecule has 8 nitrogen and oxygen atoms in total. The normalized spacial score (nSPS) is 21.9. The molecule has 20 heavy (non-hydrogen) atoms. The number of hydrogen-bond donors (Lipinski definition) is 1. The summed E-state index contributed by atoms with van der Waals surface area (Å²) in [5.74, 6) is -1.03. The molecule has 0 bridgehead atoms. The van der Waals surface area contributed by atoms with Gasteiger partial charge in [0.2, 0.25) is 0 Å². The number of aromatic nitrogens is 1. The molecular weight excluding hydrogens is 268 g/mol. The summed E-state index contributed by atoms with van der Waals surface area (Å²) >= 11 is 0. The Hall–Kier alpha value is -2.22. The van der Waals surface area contributed by atoms with Crippen LogP contribution in [-0.2, 0) is 16.1 Å². The number of rotatable bonds is 4. The van der Waals surface area contributed by atoms with E-state index in [1.807, 2.05) is 0 Å². The van der Waals surface area contributed by atoms with Crippen molar-refractivity contribution in [3.63, 3.8) is 0 Å². The number of ether oxygens (including phenoxy) is 1. The first-order valence-electron chi connectivity index (χ1n) is 6.12. The van der Waals surface area contributed by atoms with Gasteiger partial charge in [-0.25, -0.2) is 4.79 Å². The van der Waals surface area contributed by atoms with Gasteiger partial charge in [0.1, 0.15) is 0 Å². The number of aliphatic carboxylic acids is 1. The van der Waals surface area contributed by atoms with Crippen LogP contribution in [0, 0.1) is 17.0 Å². The second kappa shape index (κ2) is 5.41. The Morgan fingerprint density at radius 3 is 2.85 bits per heavy atom. The molecular formula is C12H14N2O6. The van der Waals surface area contributed by atoms with E-state index in [1.165, 1.54) is 23.8 Å². The summed E-state index contributed by atoms with van der Waals surface area (Å²) in [6, 6.07) is 1.20. The highest BCUT2D eigenvalue weighted by atomic mass is 16.6. The minimum atomic E-state index is -1.03. The largest absolute Gasteiger partial charge is 0.479 e. The Labute approximate surface area is 113 Å². The summed E-state index contributed by atoms with van der Waals surface area (Å²) in [4.78, 5) is 32.8. The molecule has 1 aromatic rings. The van der Waals surface area contributed by atoms with Crippen LogP contribution in [0.5, 0.6) is 0 Å². The second-order valence-corrected chi connectivity index (χ2v) is 4.75. The van der Waals surface area contributed by atoms with Crippen molar-refractivity contribution in [1.82, 2.24) is 4.57 Å². The van der Waals surface area contributed by atoms with E-state index in [2.05, 4.69) is 0 Å². The van der Waals surface area contributed by atoms with Gasteiger partial charge in [-0.15, -0.1) is 0 Å². The van der Waals surface area contributed by atoms with Crippen LogP contribution >= 0.6 is 0 Å². The lowest BCUT2D eigenvalue weighted by Crippen LogP contribution is -2.28. The molecule has 1 aromatic heterocycles. The molecule has 0 spiro atoms. The van der Waals surface area contributed by atoms with Gasteiger partial charge in [0.25, 0.3) is 11.2 Å². The van der Waals surface area contributed by atoms with Crippen molar-refractivity contribution >= 4 is 11.7 Å². The van der Waals surface area contributed by atoms with Gasteiger partial charge in [0, 0.05) is 11.6 Å². The van der Waals surface area contributed by atoms with Crippen LogP contribution < -0.4 is 5.56 Å². The molecule has 2 unspecified atom stereocenters. The van der Waals surface area contributed by atoms with E-state index in [-0.39, 0.29) is 17.8 Å². The van der Waals surface area contributed by atoms with Crippen LogP contribution in [0.25, 0.3) is 0 Å². The number of nitro groups is 1. The van der Waals surface area contributed by atoms with E-state index in [1.54, 1.807) is 0 Å². The van der Waals surface area contributed by atoms with Gasteiger partial charge >= 0.3 is 5.97 Å². The lowest BCUT2D eigenvalue weighted by Gasteiger charge is -2.13. The third kappa shape index (κ3) is 2.85. The van der Waals surface area contributed by atoms with Gasteiger partial charge in [0.05, 0.1) is 23.8 Å². The Bertz CT molecular complexity index is 608. The second-order valence-electron chi connectivity index (χ2n) is 4.75. The van der Waals surface area contributed by atoms with Crippen LogP contribution in [-0.4, -0.2) is 32.8 Å². The summed E-state index contributed by atoms with van der Waals surface area (Å²) in [6.07, 6.45) is 0.773. The summed E-state index contributed by atoms with van der Waals surface area (Å²) in [7, 11) is 0. The van der Waals surface area contributed by atoms with Gasteiger partial charge in [-0.05, 0) is 19.8 Å². The number of aryl methyl sites for hydroxylation is 1. The Morgan fingerprint density at radius 2 is 2.30 bits per heavy atom. The zero-order chi connectivity index (χ0) is 14.9. The zero-order valence-corrected chi connectivity index (χ0v) is 10.8. The van der Waals surface area contributed by atoms with Crippen molar-refractivity contribution in [2.75, 3.05) is 0 Å². The van der Waals surface area contributed by atoms with Crippen LogP contribution in [0.3, 0.4) is 0 Å². The van der Waals surface area contributed by atoms with E-state index in [4.69, 9.17) is 9.84 Å². The third-order valence-corrected chi connectivity index (χ3v) is 3.29. The molecule has 2 atom stereocenters. The Balaban J connectivity index is 2.18. The maximum Gasteiger partial charge on any atom is 0.332 e. The quantitative estimate of drug-likeness (QED) is 0.642. The molecule has 0 amide bonds. The highest BCUT2D eigenvalue weighted by molar-refractivity contribution is 5.72. The fraction of sp³-hybridized carbons (Fsp3) is 0.500. The number of carbonyl (C=O) groups is 1. The van der Waals surface area contributed by atoms with Gasteiger partial charge < -0.3 is 14.4 Å². The van der Waals surface area contributed by atoms with Gasteiger partial charge in [0.15, 0.2) is 6.10 Å². The number of carboxylic acids is 1. The van der Waals surface area contributed by atoms with E-state index < -0.39 is 23.1 Å². The molecule has 1 aliphatic rings. The summed E-state index contributed by atoms with van der Waals surface area (Å²) in [6.45, 7) is 1.61. The molecule has 8 heteroatoms. The molecule has 1 fully saturated rings. The molecule has 108 valence electrons. The van der Waals surface area contributed by atoms with E-state index in [0.717, 1.165) is 0 Å². The molecule has 1 aliphatic heterocycles. The van der Waals surface area contributed by atoms with Crippen molar-refractivity contribution < 1.29 is 19.6 Å². The standard InChI is InChI=1S/C12H14N2O6/c1-7-4-11(15)13(6-9(7)14(18)19)5-8-2-3-10(20-8)12(16)17/h4,6,8,10H,2-3,5H2,1H3,(H,16,17). The lowest BCUT2D eigenvalue weighted by atomic mass is 10.2. The predicted octanol–water partition coefficient (Wildman–Crippen LogP) is 0.697. The number of nitrogens with zero attached hydrogens (tertiary/aromatic N) is 2. The van der Waals surface area contributed by atoms with E-state index in [0.29, 0.717) is 18.4 Å². The van der Waals surface area contributed by atoms with Crippen molar-refractivity contribution in [2.45, 2.75) is 38.5 Å². The van der Waals surface area contributed by atoms with Gasteiger partial charge in [-0.1, -0.05) is 0 Å². The minimum Gasteiger partial charge on any atom is -0.479 e. The Morgan fingerprint density at radius 1 is 1.60 bits per heavy atom. The van der Waals surface area contributed by atoms with Crippen molar-refractivity contribution in [3.8, 4) is 0 Å². The maximum atomic E-state index is 11.8. The molecule has 2 rings (SSSR count). The molecule has 2 heterocycles. The smallest absolute Gasteiger partial charge is 0.332 e. The Kier molecular flexibility index (Phi) is 3.84. The minimum absolute atomic E-state index is 0.115. The highest BCUT2D eigenvalue weighted by Crippen LogP contribution is 2.22. The predicted molar refractivity (Wildman–Crippen MR) is 67.6 cm³/mol. The topological polar surface area (TPSA) is 112 Å². The summed E-state index contributed by atoms with van der Waals surface area (Å²) in [5, 5.41) is 19.7. The third-order valence-electron chi connectivity index (χ3n) is 3.29. The van der Waals surface area contributed by atoms with Crippen LogP contribution in [0.2, 0.25) is 0 Å². The maximum absolute atomic E-state index is 11.8. The first kappa shape index (κ1) is 14.2. The van der Waals surface area contributed by atoms with E-state index >= 15 is 0 Å². The molecule has 1 N–H and O–H groups in total. The highest BCUT2D eigenvalue weighted by Gasteiger charge is 2.31. The molecule has 0 aromatic carbocycles. The van der Waals surface area contributed by atoms with Gasteiger partial charge in [-0.3, -0.25) is 14.9 Å². The molecule has 0 aliphatic carbocycles. The van der Waals surface area contributed by atoms with Crippen LogP contribution in [0.15, 0.2) is 17.1 Å².